The number of benzene rings is 1. The van der Waals surface area contributed by atoms with Crippen molar-refractivity contribution in [3.05, 3.63) is 35.9 Å². The molecule has 134 valence electrons. The fraction of sp³-hybridized carbons (Fsp3) is 0.611. The summed E-state index contributed by atoms with van der Waals surface area (Å²) < 4.78 is 22.3. The van der Waals surface area contributed by atoms with Crippen LogP contribution in [0.5, 0.6) is 0 Å². The number of rotatable bonds is 3. The molecule has 2 unspecified atom stereocenters. The van der Waals surface area contributed by atoms with Gasteiger partial charge in [-0.2, -0.15) is 0 Å². The SMILES string of the molecule is CC(=O)NC(c1ccccc1)P1(=O)OC(C)(C)CCN1C(C)(C)C. The summed E-state index contributed by atoms with van der Waals surface area (Å²) >= 11 is 0. The molecule has 24 heavy (non-hydrogen) atoms. The molecule has 1 N–H and O–H groups in total. The van der Waals surface area contributed by atoms with Gasteiger partial charge >= 0.3 is 0 Å². The Morgan fingerprint density at radius 3 is 2.38 bits per heavy atom. The van der Waals surface area contributed by atoms with Crippen molar-refractivity contribution in [3.8, 4) is 0 Å². The molecule has 0 aromatic heterocycles. The molecule has 0 radical (unpaired) electrons. The fourth-order valence-corrected chi connectivity index (χ4v) is 6.48. The minimum atomic E-state index is -3.35. The summed E-state index contributed by atoms with van der Waals surface area (Å²) in [6.45, 7) is 12.1. The molecular weight excluding hydrogens is 323 g/mol. The zero-order valence-electron chi connectivity index (χ0n) is 15.5. The van der Waals surface area contributed by atoms with Crippen LogP contribution in [0.1, 0.15) is 59.3 Å². The van der Waals surface area contributed by atoms with Crippen LogP contribution in [0, 0.1) is 0 Å². The third kappa shape index (κ3) is 4.08. The molecule has 1 amide bonds. The Morgan fingerprint density at radius 1 is 1.29 bits per heavy atom. The zero-order valence-corrected chi connectivity index (χ0v) is 16.4. The van der Waals surface area contributed by atoms with Crippen LogP contribution < -0.4 is 5.32 Å². The van der Waals surface area contributed by atoms with E-state index in [-0.39, 0.29) is 11.4 Å². The average molecular weight is 352 g/mol. The first-order chi connectivity index (χ1) is 11.0. The van der Waals surface area contributed by atoms with Crippen molar-refractivity contribution < 1.29 is 13.9 Å². The second kappa shape index (κ2) is 6.62. The molecule has 2 atom stereocenters. The van der Waals surface area contributed by atoms with E-state index in [0.717, 1.165) is 12.0 Å². The number of amides is 1. The predicted molar refractivity (Wildman–Crippen MR) is 96.8 cm³/mol. The topological polar surface area (TPSA) is 58.6 Å². The maximum atomic E-state index is 14.2. The van der Waals surface area contributed by atoms with Gasteiger partial charge in [0.2, 0.25) is 5.91 Å². The average Bonchev–Trinajstić information content (AvgIpc) is 2.42. The van der Waals surface area contributed by atoms with Crippen molar-refractivity contribution in [3.63, 3.8) is 0 Å². The van der Waals surface area contributed by atoms with Crippen LogP contribution in [-0.4, -0.2) is 28.3 Å². The summed E-state index contributed by atoms with van der Waals surface area (Å²) in [5.41, 5.74) is -0.0386. The zero-order chi connectivity index (χ0) is 18.2. The van der Waals surface area contributed by atoms with Crippen molar-refractivity contribution >= 4 is 13.4 Å². The molecule has 6 heteroatoms. The van der Waals surface area contributed by atoms with Crippen molar-refractivity contribution in [2.24, 2.45) is 0 Å². The molecule has 1 fully saturated rings. The maximum Gasteiger partial charge on any atom is 0.299 e. The van der Waals surface area contributed by atoms with Gasteiger partial charge in [-0.25, -0.2) is 4.67 Å². The lowest BCUT2D eigenvalue weighted by Gasteiger charge is -2.50. The normalized spacial score (nSPS) is 25.9. The van der Waals surface area contributed by atoms with E-state index in [4.69, 9.17) is 4.52 Å². The summed E-state index contributed by atoms with van der Waals surface area (Å²) in [7, 11) is -3.35. The lowest BCUT2D eigenvalue weighted by molar-refractivity contribution is -0.119. The summed E-state index contributed by atoms with van der Waals surface area (Å²) in [6, 6.07) is 9.43. The Kier molecular flexibility index (Phi) is 5.29. The Morgan fingerprint density at radius 2 is 1.88 bits per heavy atom. The minimum absolute atomic E-state index is 0.222. The highest BCUT2D eigenvalue weighted by Gasteiger charge is 2.52. The van der Waals surface area contributed by atoms with Gasteiger partial charge in [0, 0.05) is 19.0 Å². The van der Waals surface area contributed by atoms with E-state index >= 15 is 0 Å². The number of hydrogen-bond acceptors (Lipinski definition) is 3. The molecule has 0 spiro atoms. The Labute approximate surface area is 145 Å². The highest BCUT2D eigenvalue weighted by atomic mass is 31.2. The van der Waals surface area contributed by atoms with Crippen LogP contribution in [0.15, 0.2) is 30.3 Å². The van der Waals surface area contributed by atoms with Gasteiger partial charge in [0.05, 0.1) is 5.60 Å². The standard InChI is InChI=1S/C18H29N2O3P/c1-14(21)19-16(15-10-8-7-9-11-15)24(22)20(17(2,3)4)13-12-18(5,6)23-24/h7-11,16H,12-13H2,1-6H3,(H,19,21). The van der Waals surface area contributed by atoms with Gasteiger partial charge in [-0.3, -0.25) is 9.36 Å². The molecular formula is C18H29N2O3P. The Balaban J connectivity index is 2.56. The van der Waals surface area contributed by atoms with Gasteiger partial charge in [0.1, 0.15) is 5.78 Å². The van der Waals surface area contributed by atoms with E-state index in [1.54, 1.807) is 0 Å². The predicted octanol–water partition coefficient (Wildman–Crippen LogP) is 4.31. The van der Waals surface area contributed by atoms with E-state index in [1.165, 1.54) is 6.92 Å². The van der Waals surface area contributed by atoms with Crippen molar-refractivity contribution in [2.75, 3.05) is 6.54 Å². The highest BCUT2D eigenvalue weighted by Crippen LogP contribution is 2.67. The molecule has 1 heterocycles. The van der Waals surface area contributed by atoms with E-state index in [1.807, 2.05) is 69.6 Å². The van der Waals surface area contributed by atoms with Crippen LogP contribution in [0.25, 0.3) is 0 Å². The summed E-state index contributed by atoms with van der Waals surface area (Å²) in [4.78, 5) is 11.8. The molecule has 1 aromatic rings. The molecule has 0 bridgehead atoms. The second-order valence-electron chi connectivity index (χ2n) is 7.97. The largest absolute Gasteiger partial charge is 0.339 e. The first kappa shape index (κ1) is 19.2. The van der Waals surface area contributed by atoms with Gasteiger partial charge in [-0.15, -0.1) is 0 Å². The molecule has 0 saturated carbocycles. The molecule has 1 aliphatic heterocycles. The van der Waals surface area contributed by atoms with Crippen molar-refractivity contribution in [1.82, 2.24) is 9.99 Å². The molecule has 1 aliphatic rings. The first-order valence-corrected chi connectivity index (χ1v) is 10.0. The number of nitrogens with zero attached hydrogens (tertiary/aromatic N) is 1. The summed E-state index contributed by atoms with van der Waals surface area (Å²) in [5, 5.41) is 2.88. The molecule has 1 aromatic carbocycles. The lowest BCUT2D eigenvalue weighted by Crippen LogP contribution is -2.50. The quantitative estimate of drug-likeness (QED) is 0.824. The van der Waals surface area contributed by atoms with Crippen LogP contribution in [0.4, 0.5) is 0 Å². The Bertz CT molecular complexity index is 637. The summed E-state index contributed by atoms with van der Waals surface area (Å²) in [6.07, 6.45) is 0.788. The Hall–Kier alpha value is -1.16. The molecule has 2 rings (SSSR count). The third-order valence-corrected chi connectivity index (χ3v) is 7.50. The first-order valence-electron chi connectivity index (χ1n) is 8.36. The fourth-order valence-electron chi connectivity index (χ4n) is 3.09. The van der Waals surface area contributed by atoms with Gasteiger partial charge in [-0.05, 0) is 46.6 Å². The van der Waals surface area contributed by atoms with Gasteiger partial charge in [0.25, 0.3) is 7.52 Å². The highest BCUT2D eigenvalue weighted by molar-refractivity contribution is 7.57. The van der Waals surface area contributed by atoms with E-state index < -0.39 is 18.9 Å². The molecule has 5 nitrogen and oxygen atoms in total. The van der Waals surface area contributed by atoms with E-state index in [9.17, 15) is 9.36 Å². The monoisotopic (exact) mass is 352 g/mol. The van der Waals surface area contributed by atoms with Crippen molar-refractivity contribution in [2.45, 2.75) is 64.9 Å². The summed E-state index contributed by atoms with van der Waals surface area (Å²) in [5.74, 6) is -0.907. The van der Waals surface area contributed by atoms with Gasteiger partial charge in [0.15, 0.2) is 0 Å². The van der Waals surface area contributed by atoms with Crippen LogP contribution in [-0.2, 0) is 13.9 Å². The van der Waals surface area contributed by atoms with Crippen LogP contribution in [0.2, 0.25) is 0 Å². The number of nitrogens with one attached hydrogen (secondary N) is 1. The molecule has 1 saturated heterocycles. The second-order valence-corrected chi connectivity index (χ2v) is 10.3. The number of hydrogen-bond donors (Lipinski definition) is 1. The van der Waals surface area contributed by atoms with E-state index in [2.05, 4.69) is 5.32 Å². The minimum Gasteiger partial charge on any atom is -0.339 e. The number of carbonyl (C=O) groups excluding carboxylic acids is 1. The maximum absolute atomic E-state index is 14.2. The molecule has 0 aliphatic carbocycles. The van der Waals surface area contributed by atoms with Crippen LogP contribution >= 0.6 is 7.52 Å². The number of carbonyl (C=O) groups is 1. The van der Waals surface area contributed by atoms with Gasteiger partial charge < -0.3 is 9.84 Å². The lowest BCUT2D eigenvalue weighted by atomic mass is 10.0. The van der Waals surface area contributed by atoms with Gasteiger partial charge in [-0.1, -0.05) is 30.3 Å². The smallest absolute Gasteiger partial charge is 0.299 e. The third-order valence-electron chi connectivity index (χ3n) is 4.20. The van der Waals surface area contributed by atoms with Crippen molar-refractivity contribution in [1.29, 1.82) is 0 Å². The van der Waals surface area contributed by atoms with E-state index in [0.29, 0.717) is 6.54 Å². The van der Waals surface area contributed by atoms with Crippen LogP contribution in [0.3, 0.4) is 0 Å².